The van der Waals surface area contributed by atoms with Crippen molar-refractivity contribution in [1.82, 2.24) is 10.0 Å². The third-order valence-corrected chi connectivity index (χ3v) is 5.52. The molecule has 2 aromatic rings. The topological polar surface area (TPSA) is 102 Å². The van der Waals surface area contributed by atoms with Crippen LogP contribution in [0.3, 0.4) is 0 Å². The van der Waals surface area contributed by atoms with Crippen molar-refractivity contribution in [3.63, 3.8) is 0 Å². The number of rotatable bonds is 7. The number of ether oxygens (including phenoxy) is 1. The average Bonchev–Trinajstić information content (AvgIpc) is 2.69. The molecule has 0 bridgehead atoms. The van der Waals surface area contributed by atoms with Crippen molar-refractivity contribution in [2.24, 2.45) is 0 Å². The fraction of sp³-hybridized carbons (Fsp3) is 0.333. The summed E-state index contributed by atoms with van der Waals surface area (Å²) in [7, 11) is -4.46. The van der Waals surface area contributed by atoms with Crippen molar-refractivity contribution >= 4 is 21.9 Å². The normalized spacial score (nSPS) is 12.8. The van der Waals surface area contributed by atoms with E-state index in [1.807, 2.05) is 0 Å². The van der Waals surface area contributed by atoms with Crippen LogP contribution in [0.1, 0.15) is 43.6 Å². The number of hydrogen-bond donors (Lipinski definition) is 2. The molecule has 0 saturated heterocycles. The minimum Gasteiger partial charge on any atom is -0.449 e. The van der Waals surface area contributed by atoms with Crippen LogP contribution in [-0.2, 0) is 26.1 Å². The highest BCUT2D eigenvalue weighted by Gasteiger charge is 2.25. The molecule has 0 heterocycles. The van der Waals surface area contributed by atoms with Crippen LogP contribution in [0.2, 0.25) is 0 Å². The van der Waals surface area contributed by atoms with Gasteiger partial charge in [0.15, 0.2) is 23.6 Å². The van der Waals surface area contributed by atoms with Gasteiger partial charge in [-0.25, -0.2) is 31.1 Å². The van der Waals surface area contributed by atoms with Crippen LogP contribution in [0.25, 0.3) is 0 Å². The molecule has 2 aromatic carbocycles. The molecule has 0 saturated carbocycles. The summed E-state index contributed by atoms with van der Waals surface area (Å²) in [6, 6.07) is 6.68. The van der Waals surface area contributed by atoms with Crippen molar-refractivity contribution in [1.29, 1.82) is 0 Å². The fourth-order valence-corrected chi connectivity index (χ4v) is 3.57. The van der Waals surface area contributed by atoms with Crippen LogP contribution >= 0.6 is 0 Å². The van der Waals surface area contributed by atoms with Crippen LogP contribution < -0.4 is 10.0 Å². The molecule has 0 aliphatic carbocycles. The van der Waals surface area contributed by atoms with Gasteiger partial charge in [-0.05, 0) is 57.5 Å². The van der Waals surface area contributed by atoms with Gasteiger partial charge in [-0.3, -0.25) is 4.79 Å². The summed E-state index contributed by atoms with van der Waals surface area (Å²) in [5.74, 6) is -6.42. The van der Waals surface area contributed by atoms with Gasteiger partial charge in [0, 0.05) is 12.1 Å². The van der Waals surface area contributed by atoms with E-state index in [2.05, 4.69) is 10.0 Å². The van der Waals surface area contributed by atoms with E-state index in [4.69, 9.17) is 4.74 Å². The highest BCUT2D eigenvalue weighted by atomic mass is 32.2. The Kier molecular flexibility index (Phi) is 7.68. The van der Waals surface area contributed by atoms with Gasteiger partial charge in [-0.15, -0.1) is 0 Å². The number of hydrogen-bond acceptors (Lipinski definition) is 5. The zero-order chi connectivity index (χ0) is 24.3. The lowest BCUT2D eigenvalue weighted by Gasteiger charge is -2.23. The van der Waals surface area contributed by atoms with E-state index in [1.54, 1.807) is 20.8 Å². The van der Waals surface area contributed by atoms with E-state index in [0.29, 0.717) is 17.7 Å². The van der Waals surface area contributed by atoms with Crippen LogP contribution in [0.4, 0.5) is 13.2 Å². The molecule has 0 fully saturated rings. The number of carbonyl (C=O) groups is 2. The quantitative estimate of drug-likeness (QED) is 0.477. The Morgan fingerprint density at radius 2 is 1.59 bits per heavy atom. The maximum Gasteiger partial charge on any atom is 0.338 e. The predicted molar refractivity (Wildman–Crippen MR) is 110 cm³/mol. The molecule has 1 atom stereocenters. The Hall–Kier alpha value is -2.92. The van der Waals surface area contributed by atoms with Gasteiger partial charge in [0.2, 0.25) is 10.0 Å². The van der Waals surface area contributed by atoms with E-state index in [1.165, 1.54) is 31.2 Å². The summed E-state index contributed by atoms with van der Waals surface area (Å²) in [6.07, 6.45) is -1.03. The molecule has 0 radical (unpaired) electrons. The standard InChI is InChI=1S/C21H23F3N2O5S/c1-12(19(27)26-21(2,3)4)31-20(28)14-7-5-13(6-8-14)11-25-32(29,30)16-10-9-15(22)17(23)18(16)24/h5-10,12,25H,11H2,1-4H3,(H,26,27)/t12-/m0/s1. The lowest BCUT2D eigenvalue weighted by molar-refractivity contribution is -0.130. The zero-order valence-corrected chi connectivity index (χ0v) is 18.6. The van der Waals surface area contributed by atoms with Gasteiger partial charge < -0.3 is 10.1 Å². The van der Waals surface area contributed by atoms with Crippen molar-refractivity contribution in [3.8, 4) is 0 Å². The molecular weight excluding hydrogens is 449 g/mol. The third-order valence-electron chi connectivity index (χ3n) is 4.10. The van der Waals surface area contributed by atoms with Crippen LogP contribution in [0.5, 0.6) is 0 Å². The van der Waals surface area contributed by atoms with Crippen molar-refractivity contribution in [2.45, 2.75) is 50.8 Å². The van der Waals surface area contributed by atoms with Crippen molar-refractivity contribution in [2.75, 3.05) is 0 Å². The molecule has 7 nitrogen and oxygen atoms in total. The van der Waals surface area contributed by atoms with Crippen molar-refractivity contribution in [3.05, 3.63) is 65.0 Å². The molecule has 1 amide bonds. The third kappa shape index (κ3) is 6.54. The number of benzene rings is 2. The molecule has 11 heteroatoms. The highest BCUT2D eigenvalue weighted by Crippen LogP contribution is 2.20. The maximum absolute atomic E-state index is 13.8. The second kappa shape index (κ2) is 9.70. The maximum atomic E-state index is 13.8. The van der Waals surface area contributed by atoms with Crippen LogP contribution in [0, 0.1) is 17.5 Å². The number of amides is 1. The number of carbonyl (C=O) groups excluding carboxylic acids is 2. The Labute approximate surface area is 184 Å². The Morgan fingerprint density at radius 3 is 2.16 bits per heavy atom. The molecule has 174 valence electrons. The molecule has 0 aliphatic heterocycles. The van der Waals surface area contributed by atoms with E-state index in [-0.39, 0.29) is 12.1 Å². The predicted octanol–water partition coefficient (Wildman–Crippen LogP) is 3.04. The van der Waals surface area contributed by atoms with Gasteiger partial charge in [-0.1, -0.05) is 12.1 Å². The fourth-order valence-electron chi connectivity index (χ4n) is 2.48. The largest absolute Gasteiger partial charge is 0.449 e. The average molecular weight is 472 g/mol. The van der Waals surface area contributed by atoms with Crippen LogP contribution in [-0.4, -0.2) is 31.9 Å². The highest BCUT2D eigenvalue weighted by molar-refractivity contribution is 7.89. The van der Waals surface area contributed by atoms with Gasteiger partial charge in [0.05, 0.1) is 5.56 Å². The zero-order valence-electron chi connectivity index (χ0n) is 17.8. The lowest BCUT2D eigenvalue weighted by Crippen LogP contribution is -2.46. The Bertz CT molecular complexity index is 1110. The summed E-state index contributed by atoms with van der Waals surface area (Å²) in [4.78, 5) is 23.2. The first kappa shape index (κ1) is 25.3. The molecule has 32 heavy (non-hydrogen) atoms. The van der Waals surface area contributed by atoms with Crippen LogP contribution in [0.15, 0.2) is 41.3 Å². The minimum absolute atomic E-state index is 0.124. The second-order valence-corrected chi connectivity index (χ2v) is 9.72. The summed E-state index contributed by atoms with van der Waals surface area (Å²) in [6.45, 7) is 6.48. The Balaban J connectivity index is 2.01. The van der Waals surface area contributed by atoms with Gasteiger partial charge in [0.25, 0.3) is 5.91 Å². The van der Waals surface area contributed by atoms with E-state index in [0.717, 1.165) is 0 Å². The van der Waals surface area contributed by atoms with E-state index < -0.39 is 55.9 Å². The summed E-state index contributed by atoms with van der Waals surface area (Å²) < 4.78 is 71.7. The molecule has 0 spiro atoms. The number of nitrogens with one attached hydrogen (secondary N) is 2. The number of esters is 1. The first-order valence-corrected chi connectivity index (χ1v) is 10.9. The molecule has 0 aliphatic rings. The summed E-state index contributed by atoms with van der Waals surface area (Å²) in [5, 5.41) is 2.69. The molecular formula is C21H23F3N2O5S. The first-order valence-electron chi connectivity index (χ1n) is 9.46. The SMILES string of the molecule is C[C@H](OC(=O)c1ccc(CNS(=O)(=O)c2ccc(F)c(F)c2F)cc1)C(=O)NC(C)(C)C. The van der Waals surface area contributed by atoms with Gasteiger partial charge in [0.1, 0.15) is 4.90 Å². The molecule has 0 unspecified atom stereocenters. The minimum atomic E-state index is -4.46. The van der Waals surface area contributed by atoms with Gasteiger partial charge in [-0.2, -0.15) is 0 Å². The number of sulfonamides is 1. The lowest BCUT2D eigenvalue weighted by atomic mass is 10.1. The van der Waals surface area contributed by atoms with Gasteiger partial charge >= 0.3 is 5.97 Å². The number of halogens is 3. The molecule has 0 aromatic heterocycles. The molecule has 2 N–H and O–H groups in total. The smallest absolute Gasteiger partial charge is 0.338 e. The summed E-state index contributed by atoms with van der Waals surface area (Å²) >= 11 is 0. The summed E-state index contributed by atoms with van der Waals surface area (Å²) in [5.41, 5.74) is 0.0281. The molecule has 2 rings (SSSR count). The van der Waals surface area contributed by atoms with E-state index >= 15 is 0 Å². The van der Waals surface area contributed by atoms with E-state index in [9.17, 15) is 31.2 Å². The second-order valence-electron chi connectivity index (χ2n) is 7.98. The first-order chi connectivity index (χ1) is 14.7. The van der Waals surface area contributed by atoms with Crippen molar-refractivity contribution < 1.29 is 35.9 Å². The monoisotopic (exact) mass is 472 g/mol. The Morgan fingerprint density at radius 1 is 1.00 bits per heavy atom.